The molecule has 0 spiro atoms. The number of carboxylic acids is 1. The number of hydrogen-bond donors (Lipinski definition) is 13. The average molecular weight is 1130 g/mol. The highest BCUT2D eigenvalue weighted by Crippen LogP contribution is 2.20. The zero-order chi connectivity index (χ0) is 57.4. The van der Waals surface area contributed by atoms with Crippen molar-refractivity contribution in [2.75, 3.05) is 62.0 Å². The fraction of sp³-hybridized carbons (Fsp3) is 0.837. The Bertz CT molecular complexity index is 1540. The summed E-state index contributed by atoms with van der Waals surface area (Å²) in [6.45, 7) is 13.4. The van der Waals surface area contributed by atoms with E-state index < -0.39 is 17.9 Å². The molecule has 0 bridgehead atoms. The lowest BCUT2D eigenvalue weighted by Crippen LogP contribution is -2.50. The molecule has 1 fully saturated rings. The Morgan fingerprint density at radius 2 is 1.12 bits per heavy atom. The van der Waals surface area contributed by atoms with Gasteiger partial charge in [-0.15, -0.1) is 11.6 Å². The number of halogens is 1. The zero-order valence-corrected chi connectivity index (χ0v) is 50.0. The molecular formula is C49H104ClN15O6S3. The second-order valence-corrected chi connectivity index (χ2v) is 21.2. The van der Waals surface area contributed by atoms with E-state index in [1.165, 1.54) is 12.8 Å². The van der Waals surface area contributed by atoms with Crippen LogP contribution in [0.1, 0.15) is 144 Å². The lowest BCUT2D eigenvalue weighted by molar-refractivity contribution is -0.142. The number of hydrogen-bond acceptors (Lipinski definition) is 16. The maximum absolute atomic E-state index is 12.4. The maximum Gasteiger partial charge on any atom is 0.306 e. The summed E-state index contributed by atoms with van der Waals surface area (Å²) in [5.74, 6) is 2.59. The molecule has 0 aromatic heterocycles. The van der Waals surface area contributed by atoms with Crippen LogP contribution < -0.4 is 67.1 Å². The fourth-order valence-corrected chi connectivity index (χ4v) is 8.84. The van der Waals surface area contributed by atoms with E-state index in [1.807, 2.05) is 38.1 Å². The number of aliphatic imine (C=N–C) groups is 3. The second kappa shape index (κ2) is 52.0. The van der Waals surface area contributed by atoms with Crippen molar-refractivity contribution < 1.29 is 29.1 Å². The quantitative estimate of drug-likeness (QED) is 0.0144. The minimum Gasteiger partial charge on any atom is -0.481 e. The van der Waals surface area contributed by atoms with Crippen LogP contribution in [0.3, 0.4) is 0 Å². The summed E-state index contributed by atoms with van der Waals surface area (Å²) in [6, 6.07) is -0.880. The number of ketones is 3. The number of amides is 1. The topological polar surface area (TPSA) is 399 Å². The van der Waals surface area contributed by atoms with Gasteiger partial charge in [0.1, 0.15) is 17.3 Å². The van der Waals surface area contributed by atoms with Crippen molar-refractivity contribution in [1.29, 1.82) is 0 Å². The number of aliphatic carboxylic acids is 1. The monoisotopic (exact) mass is 1130 g/mol. The van der Waals surface area contributed by atoms with Crippen molar-refractivity contribution in [1.82, 2.24) is 21.3 Å². The van der Waals surface area contributed by atoms with Crippen LogP contribution in [0.4, 0.5) is 0 Å². The van der Waals surface area contributed by atoms with Gasteiger partial charge in [0.15, 0.2) is 17.9 Å². The summed E-state index contributed by atoms with van der Waals surface area (Å²) < 4.78 is 0. The number of nitrogens with two attached hydrogens (primary N) is 8. The van der Waals surface area contributed by atoms with Gasteiger partial charge in [0.2, 0.25) is 5.91 Å². The van der Waals surface area contributed by atoms with Gasteiger partial charge < -0.3 is 56.3 Å². The van der Waals surface area contributed by atoms with Gasteiger partial charge in [-0.1, -0.05) is 27.2 Å². The van der Waals surface area contributed by atoms with Crippen LogP contribution in [0.15, 0.2) is 15.0 Å². The first-order chi connectivity index (χ1) is 35.0. The minimum atomic E-state index is -0.846. The summed E-state index contributed by atoms with van der Waals surface area (Å²) in [4.78, 5) is 72.5. The first kappa shape index (κ1) is 77.4. The van der Waals surface area contributed by atoms with Crippen LogP contribution in [0.5, 0.6) is 0 Å². The molecule has 1 heterocycles. The van der Waals surface area contributed by atoms with E-state index in [2.05, 4.69) is 74.9 Å². The Kier molecular flexibility index (Phi) is 54.4. The summed E-state index contributed by atoms with van der Waals surface area (Å²) in [5, 5.41) is 21.6. The molecule has 21 nitrogen and oxygen atoms in total. The van der Waals surface area contributed by atoms with E-state index in [0.717, 1.165) is 49.4 Å². The predicted octanol–water partition coefficient (Wildman–Crippen LogP) is 3.61. The number of carbonyl (C=O) groups excluding carboxylic acids is 4. The molecule has 0 aliphatic carbocycles. The van der Waals surface area contributed by atoms with Crippen LogP contribution in [0, 0.1) is 17.8 Å². The fourth-order valence-electron chi connectivity index (χ4n) is 7.16. The molecular weight excluding hydrogens is 1030 g/mol. The Hall–Kier alpha value is -3.10. The Balaban J connectivity index is -0.000000475. The van der Waals surface area contributed by atoms with E-state index in [1.54, 1.807) is 30.4 Å². The number of thioether (sulfide) groups is 3. The van der Waals surface area contributed by atoms with Crippen LogP contribution in [0.25, 0.3) is 0 Å². The highest BCUT2D eigenvalue weighted by atomic mass is 35.5. The van der Waals surface area contributed by atoms with Crippen molar-refractivity contribution in [2.24, 2.45) is 78.6 Å². The number of guanidine groups is 3. The molecule has 21 N–H and O–H groups in total. The van der Waals surface area contributed by atoms with Crippen molar-refractivity contribution in [3.8, 4) is 0 Å². The van der Waals surface area contributed by atoms with Gasteiger partial charge in [-0.3, -0.25) is 54.9 Å². The molecule has 0 aromatic rings. The highest BCUT2D eigenvalue weighted by molar-refractivity contribution is 7.98. The van der Waals surface area contributed by atoms with Gasteiger partial charge in [-0.05, 0) is 140 Å². The summed E-state index contributed by atoms with van der Waals surface area (Å²) in [7, 11) is 0. The number of alkyl halides is 1. The van der Waals surface area contributed by atoms with E-state index in [4.69, 9.17) is 45.9 Å². The van der Waals surface area contributed by atoms with Gasteiger partial charge >= 0.3 is 5.97 Å². The highest BCUT2D eigenvalue weighted by Gasteiger charge is 2.28. The maximum atomic E-state index is 12.4. The molecule has 436 valence electrons. The largest absolute Gasteiger partial charge is 0.481 e. The van der Waals surface area contributed by atoms with Gasteiger partial charge in [0.05, 0.1) is 42.5 Å². The van der Waals surface area contributed by atoms with Crippen LogP contribution in [-0.2, 0) is 24.0 Å². The first-order valence-corrected chi connectivity index (χ1v) is 30.8. The molecule has 1 aliphatic rings. The lowest BCUT2D eigenvalue weighted by atomic mass is 9.95. The van der Waals surface area contributed by atoms with E-state index in [9.17, 15) is 29.1 Å². The van der Waals surface area contributed by atoms with Crippen molar-refractivity contribution in [2.45, 2.75) is 181 Å². The Morgan fingerprint density at radius 1 is 0.689 bits per heavy atom. The van der Waals surface area contributed by atoms with Crippen LogP contribution in [0.2, 0.25) is 0 Å². The molecule has 1 rings (SSSR count). The minimum absolute atomic E-state index is 0.0209. The van der Waals surface area contributed by atoms with Crippen molar-refractivity contribution >= 4 is 94.0 Å². The normalized spacial score (nSPS) is 17.6. The van der Waals surface area contributed by atoms with E-state index in [0.29, 0.717) is 83.3 Å². The van der Waals surface area contributed by atoms with Crippen LogP contribution in [-0.4, -0.2) is 151 Å². The van der Waals surface area contributed by atoms with E-state index >= 15 is 0 Å². The molecule has 1 amide bonds. The number of carboxylic acid groups (broad SMARTS) is 1. The third-order valence-electron chi connectivity index (χ3n) is 11.0. The summed E-state index contributed by atoms with van der Waals surface area (Å²) in [5.41, 5.74) is 43.2. The molecule has 9 atom stereocenters. The van der Waals surface area contributed by atoms with Crippen molar-refractivity contribution in [3.05, 3.63) is 0 Å². The third-order valence-corrected chi connectivity index (χ3v) is 12.9. The SMILES string of the molecule is CCC.CCl.CSCCC(C)CCC(=O)C(CCCN=C(N)N)NC(C)N.CSCCC(CCC(=O)C(CCCN=C(N)N)NC(C)N)C(=O)O.CSCCC1CCC(=O)C(CCCN=C(N)N)NC(C)NC1=O. The summed E-state index contributed by atoms with van der Waals surface area (Å²) in [6.07, 6.45) is 17.8. The van der Waals surface area contributed by atoms with Gasteiger partial charge in [-0.2, -0.15) is 35.3 Å². The smallest absolute Gasteiger partial charge is 0.306 e. The Labute approximate surface area is 463 Å². The standard InChI is InChI=1S/C15H31N5O3S.C15H29N5O2S.C15H33N5OS.C3H8.CH3Cl/c1-10(16)20-12(4-3-8-19-15(17)18)13(21)6-5-11(14(22)23)7-9-24-2;1-10-19-12(4-3-8-18-15(16)17)13(21)6-5-11(7-9-23-2)14(22)20-10;1-11(8-10-22-3)6-7-14(21)13(20-12(2)16)5-4-9-19-15(17)18;1-3-2;1-2/h10-12,20H,3-9,16H2,1-2H3,(H,22,23)(H4,17,18,19);10-12,19H,3-9H2,1-2H3,(H,20,22)(H4,16,17,18);11-13,20H,4-10,16H2,1-3H3,(H4,17,18,19);3H2,1-2H3;1H3. The molecule has 74 heavy (non-hydrogen) atoms. The molecule has 0 saturated carbocycles. The number of Topliss-reactive ketones (excluding diaryl/α,β-unsaturated/α-hetero) is 3. The molecule has 0 aromatic carbocycles. The van der Waals surface area contributed by atoms with Crippen molar-refractivity contribution in [3.63, 3.8) is 0 Å². The molecule has 25 heteroatoms. The third kappa shape index (κ3) is 48.5. The molecule has 9 unspecified atom stereocenters. The van der Waals surface area contributed by atoms with Crippen LogP contribution >= 0.6 is 46.9 Å². The molecule has 1 aliphatic heterocycles. The number of nitrogens with zero attached hydrogens (tertiary/aromatic N) is 3. The van der Waals surface area contributed by atoms with E-state index in [-0.39, 0.29) is 84.1 Å². The number of rotatable bonds is 34. The summed E-state index contributed by atoms with van der Waals surface area (Å²) >= 11 is 9.81. The molecule has 0 radical (unpaired) electrons. The molecule has 1 saturated heterocycles. The zero-order valence-electron chi connectivity index (χ0n) is 46.8. The predicted molar refractivity (Wildman–Crippen MR) is 319 cm³/mol. The van der Waals surface area contributed by atoms with Gasteiger partial charge in [-0.25, -0.2) is 0 Å². The van der Waals surface area contributed by atoms with Gasteiger partial charge in [0.25, 0.3) is 0 Å². The average Bonchev–Trinajstić information content (AvgIpc) is 3.37. The van der Waals surface area contributed by atoms with Gasteiger partial charge in [0, 0.05) is 51.2 Å². The number of carbonyl (C=O) groups is 5. The first-order valence-electron chi connectivity index (χ1n) is 25.9. The lowest BCUT2D eigenvalue weighted by Gasteiger charge is -2.22. The Morgan fingerprint density at radius 3 is 1.54 bits per heavy atom. The second-order valence-electron chi connectivity index (χ2n) is 18.2. The number of nitrogens with one attached hydrogen (secondary N) is 4.